The van der Waals surface area contributed by atoms with E-state index in [1.54, 1.807) is 0 Å². The largest absolute Gasteiger partial charge is 0.419 e. The van der Waals surface area contributed by atoms with Crippen molar-refractivity contribution in [2.45, 2.75) is 12.3 Å². The molecule has 0 aliphatic heterocycles. The van der Waals surface area contributed by atoms with Crippen LogP contribution in [0.5, 0.6) is 0 Å². The maximum absolute atomic E-state index is 12.7. The average Bonchev–Trinajstić information content (AvgIpc) is 2.25. The molecule has 102 valence electrons. The van der Waals surface area contributed by atoms with Gasteiger partial charge in [-0.25, -0.2) is 0 Å². The van der Waals surface area contributed by atoms with Gasteiger partial charge in [0.1, 0.15) is 0 Å². The van der Waals surface area contributed by atoms with Crippen LogP contribution in [0.1, 0.15) is 5.56 Å². The van der Waals surface area contributed by atoms with Crippen molar-refractivity contribution in [1.82, 2.24) is 0 Å². The van der Waals surface area contributed by atoms with Crippen molar-refractivity contribution < 1.29 is 23.4 Å². The van der Waals surface area contributed by atoms with Crippen LogP contribution in [0, 0.1) is 0 Å². The van der Waals surface area contributed by atoms with Crippen LogP contribution in [0.15, 0.2) is 12.1 Å². The zero-order chi connectivity index (χ0) is 13.9. The first kappa shape index (κ1) is 15.4. The van der Waals surface area contributed by atoms with Gasteiger partial charge in [0.05, 0.1) is 34.0 Å². The Morgan fingerprint density at radius 1 is 1.28 bits per heavy atom. The monoisotopic (exact) mass is 303 g/mol. The molecule has 0 spiro atoms. The van der Waals surface area contributed by atoms with E-state index in [0.29, 0.717) is 0 Å². The van der Waals surface area contributed by atoms with Crippen LogP contribution >= 0.6 is 23.2 Å². The minimum atomic E-state index is -4.67. The summed E-state index contributed by atoms with van der Waals surface area (Å²) in [6.45, 7) is -0.639. The maximum Gasteiger partial charge on any atom is 0.419 e. The highest BCUT2D eigenvalue weighted by Gasteiger charge is 2.36. The van der Waals surface area contributed by atoms with Gasteiger partial charge in [-0.1, -0.05) is 23.2 Å². The molecule has 18 heavy (non-hydrogen) atoms. The van der Waals surface area contributed by atoms with Gasteiger partial charge >= 0.3 is 6.18 Å². The van der Waals surface area contributed by atoms with E-state index in [-0.39, 0.29) is 12.2 Å². The number of hydrogen-bond acceptors (Lipinski definition) is 3. The number of rotatable bonds is 4. The van der Waals surface area contributed by atoms with Crippen molar-refractivity contribution in [1.29, 1.82) is 0 Å². The molecule has 0 aliphatic rings. The first-order chi connectivity index (χ1) is 8.27. The van der Waals surface area contributed by atoms with E-state index in [4.69, 9.17) is 33.4 Å². The second-order valence-electron chi connectivity index (χ2n) is 3.50. The van der Waals surface area contributed by atoms with E-state index < -0.39 is 34.5 Å². The van der Waals surface area contributed by atoms with Gasteiger partial charge in [-0.05, 0) is 12.1 Å². The van der Waals surface area contributed by atoms with Crippen LogP contribution in [-0.2, 0) is 6.18 Å². The van der Waals surface area contributed by atoms with Gasteiger partial charge < -0.3 is 15.5 Å². The van der Waals surface area contributed by atoms with Crippen LogP contribution in [0.4, 0.5) is 18.9 Å². The van der Waals surface area contributed by atoms with Crippen LogP contribution in [0.25, 0.3) is 0 Å². The smallest absolute Gasteiger partial charge is 0.394 e. The Hall–Kier alpha value is -0.690. The number of benzene rings is 1. The molecule has 0 saturated heterocycles. The highest BCUT2D eigenvalue weighted by Crippen LogP contribution is 2.42. The number of hydrogen-bond donors (Lipinski definition) is 3. The zero-order valence-corrected chi connectivity index (χ0v) is 10.4. The predicted octanol–water partition coefficient (Wildman–Crippen LogP) is 2.78. The Bertz CT molecular complexity index is 426. The van der Waals surface area contributed by atoms with Gasteiger partial charge in [-0.3, -0.25) is 0 Å². The molecule has 3 nitrogen and oxygen atoms in total. The number of nitrogens with one attached hydrogen (secondary N) is 1. The predicted molar refractivity (Wildman–Crippen MR) is 63.0 cm³/mol. The third-order valence-corrected chi connectivity index (χ3v) is 2.82. The number of aliphatic hydroxyl groups excluding tert-OH is 2. The first-order valence-electron chi connectivity index (χ1n) is 4.85. The normalized spacial score (nSPS) is 13.5. The van der Waals surface area contributed by atoms with Crippen molar-refractivity contribution in [2.75, 3.05) is 18.5 Å². The molecule has 3 N–H and O–H groups in total. The fourth-order valence-corrected chi connectivity index (χ4v) is 1.89. The quantitative estimate of drug-likeness (QED) is 0.802. The van der Waals surface area contributed by atoms with E-state index in [1.165, 1.54) is 6.07 Å². The van der Waals surface area contributed by atoms with E-state index in [1.807, 2.05) is 0 Å². The summed E-state index contributed by atoms with van der Waals surface area (Å²) in [7, 11) is 0. The highest BCUT2D eigenvalue weighted by atomic mass is 35.5. The Morgan fingerprint density at radius 3 is 2.39 bits per heavy atom. The van der Waals surface area contributed by atoms with E-state index >= 15 is 0 Å². The summed E-state index contributed by atoms with van der Waals surface area (Å²) in [5.74, 6) is 0. The summed E-state index contributed by atoms with van der Waals surface area (Å²) in [4.78, 5) is 0. The summed E-state index contributed by atoms with van der Waals surface area (Å²) < 4.78 is 38.0. The second kappa shape index (κ2) is 5.97. The molecule has 8 heteroatoms. The summed E-state index contributed by atoms with van der Waals surface area (Å²) in [6, 6.07) is 2.33. The molecular weight excluding hydrogens is 294 g/mol. The van der Waals surface area contributed by atoms with Crippen molar-refractivity contribution >= 4 is 28.9 Å². The third kappa shape index (κ3) is 3.65. The van der Waals surface area contributed by atoms with Crippen LogP contribution in [0.2, 0.25) is 10.0 Å². The lowest BCUT2D eigenvalue weighted by Crippen LogP contribution is -2.23. The van der Waals surface area contributed by atoms with Crippen molar-refractivity contribution in [3.63, 3.8) is 0 Å². The number of halogens is 5. The molecule has 1 aromatic carbocycles. The number of anilines is 1. The molecule has 0 radical (unpaired) electrons. The zero-order valence-electron chi connectivity index (χ0n) is 8.93. The molecule has 0 heterocycles. The SMILES string of the molecule is OCC(O)CNc1ccc(Cl)c(C(F)(F)F)c1Cl. The van der Waals surface area contributed by atoms with Gasteiger partial charge in [0.2, 0.25) is 0 Å². The Balaban J connectivity index is 3.02. The summed E-state index contributed by atoms with van der Waals surface area (Å²) >= 11 is 11.1. The molecule has 0 aliphatic carbocycles. The molecule has 0 amide bonds. The molecule has 0 fully saturated rings. The summed E-state index contributed by atoms with van der Waals surface area (Å²) in [5, 5.41) is 19.1. The van der Waals surface area contributed by atoms with E-state index in [2.05, 4.69) is 5.32 Å². The average molecular weight is 304 g/mol. The van der Waals surface area contributed by atoms with Crippen LogP contribution in [0.3, 0.4) is 0 Å². The van der Waals surface area contributed by atoms with Crippen molar-refractivity contribution in [3.8, 4) is 0 Å². The van der Waals surface area contributed by atoms with Gasteiger partial charge in [-0.15, -0.1) is 0 Å². The van der Waals surface area contributed by atoms with Crippen molar-refractivity contribution in [2.24, 2.45) is 0 Å². The third-order valence-electron chi connectivity index (χ3n) is 2.11. The summed E-state index contributed by atoms with van der Waals surface area (Å²) in [5.41, 5.74) is -1.14. The molecular formula is C10H10Cl2F3NO2. The van der Waals surface area contributed by atoms with E-state index in [9.17, 15) is 13.2 Å². The fraction of sp³-hybridized carbons (Fsp3) is 0.400. The standard InChI is InChI=1S/C10H10Cl2F3NO2/c11-6-1-2-7(16-3-5(18)4-17)9(12)8(6)10(13,14)15/h1-2,5,16-18H,3-4H2. The maximum atomic E-state index is 12.7. The van der Waals surface area contributed by atoms with Gasteiger partial charge in [-0.2, -0.15) is 13.2 Å². The highest BCUT2D eigenvalue weighted by molar-refractivity contribution is 6.37. The fourth-order valence-electron chi connectivity index (χ4n) is 1.24. The molecule has 1 unspecified atom stereocenters. The lowest BCUT2D eigenvalue weighted by molar-refractivity contribution is -0.137. The Labute approximate surface area is 111 Å². The van der Waals surface area contributed by atoms with Crippen LogP contribution < -0.4 is 5.32 Å². The molecule has 1 aromatic rings. The van der Waals surface area contributed by atoms with E-state index in [0.717, 1.165) is 6.07 Å². The number of aliphatic hydroxyl groups is 2. The summed E-state index contributed by atoms with van der Waals surface area (Å²) in [6.07, 6.45) is -5.76. The minimum absolute atomic E-state index is 0.0131. The van der Waals surface area contributed by atoms with Crippen LogP contribution in [-0.4, -0.2) is 29.5 Å². The molecule has 0 saturated carbocycles. The second-order valence-corrected chi connectivity index (χ2v) is 4.28. The Morgan fingerprint density at radius 2 is 1.89 bits per heavy atom. The number of alkyl halides is 3. The molecule has 1 rings (SSSR count). The minimum Gasteiger partial charge on any atom is -0.394 e. The van der Waals surface area contributed by atoms with Gasteiger partial charge in [0, 0.05) is 6.54 Å². The topological polar surface area (TPSA) is 52.5 Å². The molecule has 0 aromatic heterocycles. The lowest BCUT2D eigenvalue weighted by Gasteiger charge is -2.16. The van der Waals surface area contributed by atoms with Crippen molar-refractivity contribution in [3.05, 3.63) is 27.7 Å². The first-order valence-corrected chi connectivity index (χ1v) is 5.61. The van der Waals surface area contributed by atoms with Gasteiger partial charge in [0.15, 0.2) is 0 Å². The van der Waals surface area contributed by atoms with Gasteiger partial charge in [0.25, 0.3) is 0 Å². The Kier molecular flexibility index (Phi) is 5.10. The molecule has 1 atom stereocenters. The lowest BCUT2D eigenvalue weighted by atomic mass is 10.2. The molecule has 0 bridgehead atoms.